The zero-order valence-corrected chi connectivity index (χ0v) is 8.94. The second-order valence-electron chi connectivity index (χ2n) is 4.26. The first-order valence-electron chi connectivity index (χ1n) is 5.39. The molecule has 2 rings (SSSR count). The molecule has 0 atom stereocenters. The monoisotopic (exact) mass is 208 g/mol. The summed E-state index contributed by atoms with van der Waals surface area (Å²) in [4.78, 5) is 12.1. The first kappa shape index (κ1) is 10.4. The smallest absolute Gasteiger partial charge is 0.212 e. The molecule has 15 heavy (non-hydrogen) atoms. The van der Waals surface area contributed by atoms with E-state index in [4.69, 9.17) is 0 Å². The van der Waals surface area contributed by atoms with Crippen molar-refractivity contribution >= 4 is 5.78 Å². The van der Waals surface area contributed by atoms with Crippen LogP contribution in [0.5, 0.6) is 0 Å². The minimum absolute atomic E-state index is 0.179. The second-order valence-corrected chi connectivity index (χ2v) is 4.26. The van der Waals surface area contributed by atoms with E-state index in [9.17, 15) is 9.90 Å². The van der Waals surface area contributed by atoms with Crippen molar-refractivity contribution in [3.8, 4) is 0 Å². The number of hydrogen-bond acceptors (Lipinski definition) is 3. The number of nitrogens with zero attached hydrogens (tertiary/aromatic N) is 2. The maximum atomic E-state index is 12.1. The molecule has 0 saturated heterocycles. The van der Waals surface area contributed by atoms with Crippen molar-refractivity contribution in [2.45, 2.75) is 37.7 Å². The van der Waals surface area contributed by atoms with Gasteiger partial charge in [0.15, 0.2) is 0 Å². The molecule has 0 amide bonds. The molecule has 0 aliphatic heterocycles. The van der Waals surface area contributed by atoms with Crippen LogP contribution in [0.4, 0.5) is 0 Å². The number of aliphatic hydroxyl groups is 1. The van der Waals surface area contributed by atoms with Gasteiger partial charge in [-0.1, -0.05) is 19.3 Å². The van der Waals surface area contributed by atoms with E-state index in [1.165, 1.54) is 4.68 Å². The molecule has 0 aromatic carbocycles. The zero-order chi connectivity index (χ0) is 10.9. The van der Waals surface area contributed by atoms with Gasteiger partial charge in [0.05, 0.1) is 0 Å². The van der Waals surface area contributed by atoms with Crippen LogP contribution in [0.2, 0.25) is 0 Å². The molecule has 4 heteroatoms. The van der Waals surface area contributed by atoms with Crippen LogP contribution in [0.3, 0.4) is 0 Å². The van der Waals surface area contributed by atoms with E-state index in [1.54, 1.807) is 19.3 Å². The Hall–Kier alpha value is -1.16. The molecule has 0 unspecified atom stereocenters. The lowest BCUT2D eigenvalue weighted by atomic mass is 9.81. The Morgan fingerprint density at radius 3 is 2.67 bits per heavy atom. The fourth-order valence-electron chi connectivity index (χ4n) is 2.20. The van der Waals surface area contributed by atoms with Gasteiger partial charge in [0.2, 0.25) is 5.78 Å². The summed E-state index contributed by atoms with van der Waals surface area (Å²) < 4.78 is 1.52. The number of ketones is 1. The molecule has 82 valence electrons. The van der Waals surface area contributed by atoms with Crippen molar-refractivity contribution in [3.63, 3.8) is 0 Å². The molecule has 4 nitrogen and oxygen atoms in total. The Balaban J connectivity index is 2.23. The van der Waals surface area contributed by atoms with Gasteiger partial charge in [0, 0.05) is 13.2 Å². The Morgan fingerprint density at radius 2 is 2.13 bits per heavy atom. The fraction of sp³-hybridized carbons (Fsp3) is 0.636. The lowest BCUT2D eigenvalue weighted by Gasteiger charge is -2.30. The third kappa shape index (κ3) is 1.81. The molecule has 1 heterocycles. The maximum Gasteiger partial charge on any atom is 0.212 e. The topological polar surface area (TPSA) is 55.1 Å². The van der Waals surface area contributed by atoms with E-state index < -0.39 is 5.60 Å². The van der Waals surface area contributed by atoms with Crippen LogP contribution in [0.1, 0.15) is 42.6 Å². The van der Waals surface area contributed by atoms with Gasteiger partial charge in [-0.3, -0.25) is 9.48 Å². The molecule has 1 aromatic heterocycles. The Morgan fingerprint density at radius 1 is 1.47 bits per heavy atom. The minimum atomic E-state index is -1.15. The lowest BCUT2D eigenvalue weighted by Crippen LogP contribution is -2.41. The van der Waals surface area contributed by atoms with Crippen molar-refractivity contribution in [3.05, 3.63) is 18.0 Å². The molecule has 0 spiro atoms. The van der Waals surface area contributed by atoms with Crippen molar-refractivity contribution in [1.29, 1.82) is 0 Å². The molecule has 1 aliphatic carbocycles. The molecule has 1 aromatic rings. The number of carbonyl (C=O) groups excluding carboxylic acids is 1. The average Bonchev–Trinajstić information content (AvgIpc) is 2.64. The quantitative estimate of drug-likeness (QED) is 0.745. The van der Waals surface area contributed by atoms with Crippen LogP contribution >= 0.6 is 0 Å². The zero-order valence-electron chi connectivity index (χ0n) is 8.94. The molecule has 1 aliphatic rings. The number of aromatic nitrogens is 2. The number of rotatable bonds is 2. The Bertz CT molecular complexity index is 364. The largest absolute Gasteiger partial charge is 0.382 e. The summed E-state index contributed by atoms with van der Waals surface area (Å²) in [7, 11) is 1.72. The summed E-state index contributed by atoms with van der Waals surface area (Å²) in [5, 5.41) is 14.2. The Kier molecular flexibility index (Phi) is 2.61. The molecular weight excluding hydrogens is 192 g/mol. The van der Waals surface area contributed by atoms with Gasteiger partial charge >= 0.3 is 0 Å². The lowest BCUT2D eigenvalue weighted by molar-refractivity contribution is 0.0108. The van der Waals surface area contributed by atoms with E-state index in [1.807, 2.05) is 0 Å². The van der Waals surface area contributed by atoms with Crippen molar-refractivity contribution in [2.75, 3.05) is 0 Å². The normalized spacial score (nSPS) is 20.1. The van der Waals surface area contributed by atoms with Crippen LogP contribution in [0.15, 0.2) is 12.3 Å². The highest BCUT2D eigenvalue weighted by Crippen LogP contribution is 2.30. The Labute approximate surface area is 88.9 Å². The van der Waals surface area contributed by atoms with Crippen LogP contribution < -0.4 is 0 Å². The SMILES string of the molecule is Cn1nccc1C(=O)C1(O)CCCCC1. The highest BCUT2D eigenvalue weighted by Gasteiger charge is 2.38. The van der Waals surface area contributed by atoms with Crippen LogP contribution in [0, 0.1) is 0 Å². The van der Waals surface area contributed by atoms with Crippen molar-refractivity contribution in [2.24, 2.45) is 7.05 Å². The number of carbonyl (C=O) groups is 1. The number of Topliss-reactive ketones (excluding diaryl/α,β-unsaturated/α-hetero) is 1. The van der Waals surface area contributed by atoms with Gasteiger partial charge in [0.25, 0.3) is 0 Å². The van der Waals surface area contributed by atoms with Gasteiger partial charge in [-0.15, -0.1) is 0 Å². The molecule has 1 saturated carbocycles. The summed E-state index contributed by atoms with van der Waals surface area (Å²) in [6.45, 7) is 0. The second kappa shape index (κ2) is 3.77. The van der Waals surface area contributed by atoms with E-state index in [-0.39, 0.29) is 5.78 Å². The summed E-state index contributed by atoms with van der Waals surface area (Å²) in [5.74, 6) is -0.179. The first-order valence-corrected chi connectivity index (χ1v) is 5.39. The highest BCUT2D eigenvalue weighted by atomic mass is 16.3. The van der Waals surface area contributed by atoms with Gasteiger partial charge < -0.3 is 5.11 Å². The van der Waals surface area contributed by atoms with Gasteiger partial charge in [-0.05, 0) is 18.9 Å². The number of hydrogen-bond donors (Lipinski definition) is 1. The summed E-state index contributed by atoms with van der Waals surface area (Å²) in [5.41, 5.74) is -0.647. The minimum Gasteiger partial charge on any atom is -0.382 e. The predicted octanol–water partition coefficient (Wildman–Crippen LogP) is 1.30. The summed E-state index contributed by atoms with van der Waals surface area (Å²) >= 11 is 0. The van der Waals surface area contributed by atoms with Crippen molar-refractivity contribution < 1.29 is 9.90 Å². The van der Waals surface area contributed by atoms with Crippen molar-refractivity contribution in [1.82, 2.24) is 9.78 Å². The van der Waals surface area contributed by atoms with E-state index in [2.05, 4.69) is 5.10 Å². The third-order valence-corrected chi connectivity index (χ3v) is 3.16. The van der Waals surface area contributed by atoms with Crippen LogP contribution in [0.25, 0.3) is 0 Å². The standard InChI is InChI=1S/C11H16N2O2/c1-13-9(5-8-12-13)10(14)11(15)6-3-2-4-7-11/h5,8,15H,2-4,6-7H2,1H3. The molecular formula is C11H16N2O2. The third-order valence-electron chi connectivity index (χ3n) is 3.16. The molecule has 1 N–H and O–H groups in total. The van der Waals surface area contributed by atoms with Gasteiger partial charge in [-0.25, -0.2) is 0 Å². The van der Waals surface area contributed by atoms with E-state index in [0.717, 1.165) is 19.3 Å². The fourth-order valence-corrected chi connectivity index (χ4v) is 2.20. The molecule has 0 bridgehead atoms. The summed E-state index contributed by atoms with van der Waals surface area (Å²) in [6.07, 6.45) is 5.72. The molecule has 1 fully saturated rings. The van der Waals surface area contributed by atoms with E-state index >= 15 is 0 Å². The van der Waals surface area contributed by atoms with Gasteiger partial charge in [-0.2, -0.15) is 5.10 Å². The van der Waals surface area contributed by atoms with Crippen LogP contribution in [-0.2, 0) is 7.05 Å². The van der Waals surface area contributed by atoms with Crippen LogP contribution in [-0.4, -0.2) is 26.3 Å². The maximum absolute atomic E-state index is 12.1. The van der Waals surface area contributed by atoms with Gasteiger partial charge in [0.1, 0.15) is 11.3 Å². The summed E-state index contributed by atoms with van der Waals surface area (Å²) in [6, 6.07) is 1.66. The first-order chi connectivity index (χ1) is 7.13. The number of aryl methyl sites for hydroxylation is 1. The van der Waals surface area contributed by atoms with E-state index in [0.29, 0.717) is 18.5 Å². The molecule has 0 radical (unpaired) electrons. The predicted molar refractivity (Wildman–Crippen MR) is 55.6 cm³/mol. The highest BCUT2D eigenvalue weighted by molar-refractivity contribution is 6.00. The average molecular weight is 208 g/mol.